The van der Waals surface area contributed by atoms with Crippen molar-refractivity contribution in [3.8, 4) is 0 Å². The molecule has 0 amide bonds. The highest BCUT2D eigenvalue weighted by Crippen LogP contribution is 2.20. The van der Waals surface area contributed by atoms with Gasteiger partial charge in [-0.2, -0.15) is 0 Å². The average Bonchev–Trinajstić information content (AvgIpc) is 2.31. The third kappa shape index (κ3) is 2.41. The summed E-state index contributed by atoms with van der Waals surface area (Å²) in [5, 5.41) is 0. The number of pyridine rings is 1. The van der Waals surface area contributed by atoms with E-state index in [0.29, 0.717) is 0 Å². The van der Waals surface area contributed by atoms with E-state index in [1.54, 1.807) is 31.0 Å². The lowest BCUT2D eigenvalue weighted by Crippen LogP contribution is -2.29. The van der Waals surface area contributed by atoms with Crippen molar-refractivity contribution in [1.29, 1.82) is 0 Å². The van der Waals surface area contributed by atoms with Crippen LogP contribution in [0.15, 0.2) is 41.5 Å². The van der Waals surface area contributed by atoms with Crippen LogP contribution in [-0.2, 0) is 0 Å². The fourth-order valence-electron chi connectivity index (χ4n) is 1.40. The van der Waals surface area contributed by atoms with E-state index < -0.39 is 0 Å². The molecule has 2 aromatic rings. The topological polar surface area (TPSA) is 76.7 Å². The smallest absolute Gasteiger partial charge is 0.0912 e. The maximum Gasteiger partial charge on any atom is 0.0912 e. The minimum absolute atomic E-state index is 0.210. The van der Waals surface area contributed by atoms with Gasteiger partial charge in [0, 0.05) is 29.3 Å². The van der Waals surface area contributed by atoms with Gasteiger partial charge in [0.1, 0.15) is 0 Å². The van der Waals surface area contributed by atoms with Gasteiger partial charge < -0.3 is 0 Å². The first-order valence-electron chi connectivity index (χ1n) is 4.63. The summed E-state index contributed by atoms with van der Waals surface area (Å²) in [6.07, 6.45) is 8.38. The molecule has 0 saturated carbocycles. The average molecular weight is 280 g/mol. The molecule has 0 spiro atoms. The summed E-state index contributed by atoms with van der Waals surface area (Å²) in [6, 6.07) is 1.73. The van der Waals surface area contributed by atoms with E-state index in [1.165, 1.54) is 0 Å². The number of nitrogens with two attached hydrogens (primary N) is 1. The predicted molar refractivity (Wildman–Crippen MR) is 63.1 cm³/mol. The molecule has 2 aromatic heterocycles. The van der Waals surface area contributed by atoms with Gasteiger partial charge in [-0.15, -0.1) is 0 Å². The first-order chi connectivity index (χ1) is 7.81. The number of nitrogens with zero attached hydrogens (tertiary/aromatic N) is 3. The Morgan fingerprint density at radius 1 is 1.19 bits per heavy atom. The maximum atomic E-state index is 5.53. The van der Waals surface area contributed by atoms with E-state index in [4.69, 9.17) is 5.84 Å². The molecule has 1 unspecified atom stereocenters. The van der Waals surface area contributed by atoms with E-state index in [2.05, 4.69) is 36.3 Å². The quantitative estimate of drug-likeness (QED) is 0.652. The molecule has 0 radical (unpaired) electrons. The third-order valence-electron chi connectivity index (χ3n) is 2.10. The summed E-state index contributed by atoms with van der Waals surface area (Å²) in [6.45, 7) is 0. The van der Waals surface area contributed by atoms with E-state index >= 15 is 0 Å². The highest BCUT2D eigenvalue weighted by Gasteiger charge is 2.14. The molecule has 2 rings (SSSR count). The molecule has 5 nitrogen and oxygen atoms in total. The molecular weight excluding hydrogens is 270 g/mol. The van der Waals surface area contributed by atoms with Crippen LogP contribution >= 0.6 is 15.9 Å². The molecule has 0 saturated heterocycles. The van der Waals surface area contributed by atoms with Gasteiger partial charge in [0.25, 0.3) is 0 Å². The Hall–Kier alpha value is -1.37. The van der Waals surface area contributed by atoms with Crippen LogP contribution in [0.4, 0.5) is 0 Å². The Labute approximate surface area is 101 Å². The van der Waals surface area contributed by atoms with Crippen molar-refractivity contribution in [3.63, 3.8) is 0 Å². The minimum atomic E-state index is -0.210. The monoisotopic (exact) mass is 279 g/mol. The summed E-state index contributed by atoms with van der Waals surface area (Å²) in [7, 11) is 0. The van der Waals surface area contributed by atoms with Crippen molar-refractivity contribution in [2.45, 2.75) is 6.04 Å². The lowest BCUT2D eigenvalue weighted by Gasteiger charge is -2.14. The SMILES string of the molecule is NNC(c1cncc(Br)c1)c1cnccn1. The number of hydrogen-bond acceptors (Lipinski definition) is 5. The second-order valence-corrected chi connectivity index (χ2v) is 4.08. The minimum Gasteiger partial charge on any atom is -0.271 e. The molecule has 82 valence electrons. The fraction of sp³-hybridized carbons (Fsp3) is 0.100. The van der Waals surface area contributed by atoms with Crippen molar-refractivity contribution in [1.82, 2.24) is 20.4 Å². The molecule has 0 aliphatic rings. The van der Waals surface area contributed by atoms with Gasteiger partial charge in [0.05, 0.1) is 17.9 Å². The molecule has 2 heterocycles. The van der Waals surface area contributed by atoms with Crippen molar-refractivity contribution in [2.75, 3.05) is 0 Å². The zero-order valence-corrected chi connectivity index (χ0v) is 9.92. The van der Waals surface area contributed by atoms with Gasteiger partial charge in [-0.25, -0.2) is 5.43 Å². The normalized spacial score (nSPS) is 12.4. The molecule has 0 bridgehead atoms. The Morgan fingerprint density at radius 3 is 2.69 bits per heavy atom. The first kappa shape index (κ1) is 11.1. The van der Waals surface area contributed by atoms with E-state index in [9.17, 15) is 0 Å². The predicted octanol–water partition coefficient (Wildman–Crippen LogP) is 1.19. The fourth-order valence-corrected chi connectivity index (χ4v) is 1.78. The van der Waals surface area contributed by atoms with Gasteiger partial charge in [-0.1, -0.05) is 0 Å². The highest BCUT2D eigenvalue weighted by molar-refractivity contribution is 9.10. The molecule has 6 heteroatoms. The molecular formula is C10H10BrN5. The number of aromatic nitrogens is 3. The van der Waals surface area contributed by atoms with Crippen molar-refractivity contribution < 1.29 is 0 Å². The number of rotatable bonds is 3. The van der Waals surface area contributed by atoms with Gasteiger partial charge in [0.15, 0.2) is 0 Å². The van der Waals surface area contributed by atoms with Crippen LogP contribution in [0.5, 0.6) is 0 Å². The molecule has 3 N–H and O–H groups in total. The Bertz CT molecular complexity index is 462. The zero-order valence-electron chi connectivity index (χ0n) is 8.34. The van der Waals surface area contributed by atoms with Gasteiger partial charge >= 0.3 is 0 Å². The molecule has 0 fully saturated rings. The standard InChI is InChI=1S/C10H10BrN5/c11-8-3-7(4-14-5-8)10(16-12)9-6-13-1-2-15-9/h1-6,10,16H,12H2. The molecule has 0 aliphatic heterocycles. The van der Waals surface area contributed by atoms with Crippen LogP contribution in [0, 0.1) is 0 Å². The molecule has 0 aliphatic carbocycles. The van der Waals surface area contributed by atoms with E-state index in [0.717, 1.165) is 15.7 Å². The summed E-state index contributed by atoms with van der Waals surface area (Å²) in [5.74, 6) is 5.53. The molecule has 16 heavy (non-hydrogen) atoms. The summed E-state index contributed by atoms with van der Waals surface area (Å²) in [5.41, 5.74) is 4.38. The number of hydrazine groups is 1. The second kappa shape index (κ2) is 5.11. The Morgan fingerprint density at radius 2 is 2.06 bits per heavy atom. The number of nitrogens with one attached hydrogen (secondary N) is 1. The van der Waals surface area contributed by atoms with Crippen molar-refractivity contribution in [3.05, 3.63) is 52.8 Å². The summed E-state index contributed by atoms with van der Waals surface area (Å²) in [4.78, 5) is 12.3. The summed E-state index contributed by atoms with van der Waals surface area (Å²) >= 11 is 3.37. The van der Waals surface area contributed by atoms with Crippen LogP contribution in [0.1, 0.15) is 17.3 Å². The summed E-state index contributed by atoms with van der Waals surface area (Å²) < 4.78 is 0.897. The lowest BCUT2D eigenvalue weighted by molar-refractivity contribution is 0.615. The van der Waals surface area contributed by atoms with Gasteiger partial charge in [-0.05, 0) is 27.6 Å². The van der Waals surface area contributed by atoms with Crippen molar-refractivity contribution in [2.24, 2.45) is 5.84 Å². The first-order valence-corrected chi connectivity index (χ1v) is 5.43. The van der Waals surface area contributed by atoms with Crippen LogP contribution in [0.25, 0.3) is 0 Å². The second-order valence-electron chi connectivity index (χ2n) is 3.17. The largest absolute Gasteiger partial charge is 0.271 e. The third-order valence-corrected chi connectivity index (χ3v) is 2.54. The van der Waals surface area contributed by atoms with Gasteiger partial charge in [-0.3, -0.25) is 20.8 Å². The van der Waals surface area contributed by atoms with Crippen LogP contribution in [0.3, 0.4) is 0 Å². The highest BCUT2D eigenvalue weighted by atomic mass is 79.9. The Balaban J connectivity index is 2.37. The maximum absolute atomic E-state index is 5.53. The van der Waals surface area contributed by atoms with Crippen LogP contribution in [-0.4, -0.2) is 15.0 Å². The Kier molecular flexibility index (Phi) is 3.55. The van der Waals surface area contributed by atoms with Crippen LogP contribution in [0.2, 0.25) is 0 Å². The van der Waals surface area contributed by atoms with Crippen molar-refractivity contribution >= 4 is 15.9 Å². The van der Waals surface area contributed by atoms with E-state index in [1.807, 2.05) is 6.07 Å². The van der Waals surface area contributed by atoms with Gasteiger partial charge in [0.2, 0.25) is 0 Å². The molecule has 1 atom stereocenters. The molecule has 0 aromatic carbocycles. The zero-order chi connectivity index (χ0) is 11.4. The van der Waals surface area contributed by atoms with Crippen LogP contribution < -0.4 is 11.3 Å². The van der Waals surface area contributed by atoms with E-state index in [-0.39, 0.29) is 6.04 Å². The number of halogens is 1. The lowest BCUT2D eigenvalue weighted by atomic mass is 10.1. The number of hydrogen-bond donors (Lipinski definition) is 2.